The van der Waals surface area contributed by atoms with Gasteiger partial charge in [0.25, 0.3) is 0 Å². The number of carbonyl (C=O) groups is 1. The number of hydrogen-bond donors (Lipinski definition) is 1. The molecule has 0 saturated carbocycles. The van der Waals surface area contributed by atoms with Crippen molar-refractivity contribution in [3.05, 3.63) is 0 Å². The summed E-state index contributed by atoms with van der Waals surface area (Å²) in [5, 5.41) is 3.01. The molecule has 18 heavy (non-hydrogen) atoms. The Morgan fingerprint density at radius 2 is 1.72 bits per heavy atom. The van der Waals surface area contributed by atoms with Gasteiger partial charge in [-0.25, -0.2) is 0 Å². The second kappa shape index (κ2) is 6.08. The average Bonchev–Trinajstić information content (AvgIpc) is 2.13. The van der Waals surface area contributed by atoms with E-state index in [2.05, 4.69) is 5.32 Å². The minimum atomic E-state index is -4.15. The lowest BCUT2D eigenvalue weighted by Crippen LogP contribution is -2.57. The first-order valence-corrected chi connectivity index (χ1v) is 5.74. The summed E-state index contributed by atoms with van der Waals surface area (Å²) in [5.41, 5.74) is 0. The van der Waals surface area contributed by atoms with Gasteiger partial charge in [0.05, 0.1) is 12.5 Å². The lowest BCUT2D eigenvalue weighted by molar-refractivity contribution is -0.153. The Labute approximate surface area is 110 Å². The predicted molar refractivity (Wildman–Crippen MR) is 62.7 cm³/mol. The van der Waals surface area contributed by atoms with E-state index in [1.165, 1.54) is 4.90 Å². The SMILES string of the molecule is Cl.O=C(C1CNC1)N1CCN(CC(F)(F)F)CC1. The lowest BCUT2D eigenvalue weighted by atomic mass is 10.0. The Morgan fingerprint density at radius 1 is 1.17 bits per heavy atom. The molecule has 2 rings (SSSR count). The van der Waals surface area contributed by atoms with Crippen molar-refractivity contribution in [2.45, 2.75) is 6.18 Å². The van der Waals surface area contributed by atoms with Crippen molar-refractivity contribution in [2.75, 3.05) is 45.8 Å². The van der Waals surface area contributed by atoms with Gasteiger partial charge in [0.1, 0.15) is 0 Å². The monoisotopic (exact) mass is 287 g/mol. The smallest absolute Gasteiger partial charge is 0.340 e. The maximum atomic E-state index is 12.2. The fraction of sp³-hybridized carbons (Fsp3) is 0.900. The van der Waals surface area contributed by atoms with Crippen molar-refractivity contribution >= 4 is 18.3 Å². The van der Waals surface area contributed by atoms with Gasteiger partial charge in [-0.15, -0.1) is 12.4 Å². The number of nitrogens with one attached hydrogen (secondary N) is 1. The molecule has 0 atom stereocenters. The zero-order valence-electron chi connectivity index (χ0n) is 9.87. The summed E-state index contributed by atoms with van der Waals surface area (Å²) in [7, 11) is 0. The molecule has 2 aliphatic rings. The van der Waals surface area contributed by atoms with E-state index in [4.69, 9.17) is 0 Å². The summed E-state index contributed by atoms with van der Waals surface area (Å²) in [4.78, 5) is 14.8. The molecule has 106 valence electrons. The first kappa shape index (κ1) is 15.5. The van der Waals surface area contributed by atoms with Crippen LogP contribution in [0.2, 0.25) is 0 Å². The first-order chi connectivity index (χ1) is 7.96. The van der Waals surface area contributed by atoms with Crippen molar-refractivity contribution in [1.82, 2.24) is 15.1 Å². The molecule has 1 N–H and O–H groups in total. The van der Waals surface area contributed by atoms with Crippen LogP contribution in [0.5, 0.6) is 0 Å². The van der Waals surface area contributed by atoms with Gasteiger partial charge in [-0.3, -0.25) is 9.69 Å². The van der Waals surface area contributed by atoms with Gasteiger partial charge in [-0.2, -0.15) is 13.2 Å². The molecule has 8 heteroatoms. The molecular weight excluding hydrogens is 271 g/mol. The third-order valence-electron chi connectivity index (χ3n) is 3.22. The van der Waals surface area contributed by atoms with Crippen LogP contribution in [0.1, 0.15) is 0 Å². The summed E-state index contributed by atoms with van der Waals surface area (Å²) < 4.78 is 36.5. The van der Waals surface area contributed by atoms with Crippen LogP contribution < -0.4 is 5.32 Å². The molecule has 0 spiro atoms. The Kier molecular flexibility index (Phi) is 5.24. The summed E-state index contributed by atoms with van der Waals surface area (Å²) >= 11 is 0. The molecule has 0 radical (unpaired) electrons. The highest BCUT2D eigenvalue weighted by Gasteiger charge is 2.35. The number of amides is 1. The number of alkyl halides is 3. The Bertz CT molecular complexity index is 289. The van der Waals surface area contributed by atoms with Crippen molar-refractivity contribution < 1.29 is 18.0 Å². The Balaban J connectivity index is 0.00000162. The van der Waals surface area contributed by atoms with E-state index in [0.29, 0.717) is 39.3 Å². The quantitative estimate of drug-likeness (QED) is 0.795. The van der Waals surface area contributed by atoms with E-state index < -0.39 is 12.7 Å². The zero-order chi connectivity index (χ0) is 12.5. The van der Waals surface area contributed by atoms with E-state index in [-0.39, 0.29) is 24.2 Å². The van der Waals surface area contributed by atoms with Gasteiger partial charge in [0.2, 0.25) is 5.91 Å². The standard InChI is InChI=1S/C10H16F3N3O.ClH/c11-10(12,13)7-15-1-3-16(4-2-15)9(17)8-5-14-6-8;/h8,14H,1-7H2;1H. The van der Waals surface area contributed by atoms with Crippen molar-refractivity contribution in [3.8, 4) is 0 Å². The maximum Gasteiger partial charge on any atom is 0.401 e. The van der Waals surface area contributed by atoms with Crippen LogP contribution in [0.25, 0.3) is 0 Å². The summed E-state index contributed by atoms with van der Waals surface area (Å²) in [6.45, 7) is 1.96. The van der Waals surface area contributed by atoms with Gasteiger partial charge >= 0.3 is 6.18 Å². The fourth-order valence-electron chi connectivity index (χ4n) is 2.10. The predicted octanol–water partition coefficient (Wildman–Crippen LogP) is 0.334. The molecule has 4 nitrogen and oxygen atoms in total. The number of rotatable bonds is 2. The topological polar surface area (TPSA) is 35.6 Å². The minimum absolute atomic E-state index is 0. The highest BCUT2D eigenvalue weighted by molar-refractivity contribution is 5.85. The third kappa shape index (κ3) is 4.00. The largest absolute Gasteiger partial charge is 0.401 e. The van der Waals surface area contributed by atoms with Gasteiger partial charge in [-0.1, -0.05) is 0 Å². The third-order valence-corrected chi connectivity index (χ3v) is 3.22. The molecular formula is C10H17ClF3N3O. The maximum absolute atomic E-state index is 12.2. The molecule has 2 heterocycles. The molecule has 0 aromatic heterocycles. The molecule has 0 aromatic carbocycles. The highest BCUT2D eigenvalue weighted by Crippen LogP contribution is 2.18. The summed E-state index contributed by atoms with van der Waals surface area (Å²) in [6.07, 6.45) is -4.15. The second-order valence-electron chi connectivity index (χ2n) is 4.57. The molecule has 2 aliphatic heterocycles. The molecule has 2 fully saturated rings. The molecule has 0 bridgehead atoms. The Morgan fingerprint density at radius 3 is 2.11 bits per heavy atom. The van der Waals surface area contributed by atoms with Crippen LogP contribution in [0.15, 0.2) is 0 Å². The summed E-state index contributed by atoms with van der Waals surface area (Å²) in [5.74, 6) is 0.111. The van der Waals surface area contributed by atoms with Gasteiger partial charge in [-0.05, 0) is 0 Å². The lowest BCUT2D eigenvalue weighted by Gasteiger charge is -2.38. The minimum Gasteiger partial charge on any atom is -0.340 e. The van der Waals surface area contributed by atoms with E-state index in [9.17, 15) is 18.0 Å². The van der Waals surface area contributed by atoms with Crippen molar-refractivity contribution in [2.24, 2.45) is 5.92 Å². The zero-order valence-corrected chi connectivity index (χ0v) is 10.7. The van der Waals surface area contributed by atoms with Crippen molar-refractivity contribution in [1.29, 1.82) is 0 Å². The van der Waals surface area contributed by atoms with Crippen LogP contribution in [0, 0.1) is 5.92 Å². The second-order valence-corrected chi connectivity index (χ2v) is 4.57. The molecule has 0 aromatic rings. The van der Waals surface area contributed by atoms with Gasteiger partial charge in [0.15, 0.2) is 0 Å². The van der Waals surface area contributed by atoms with Crippen LogP contribution in [0.4, 0.5) is 13.2 Å². The van der Waals surface area contributed by atoms with Crippen LogP contribution in [-0.2, 0) is 4.79 Å². The van der Waals surface area contributed by atoms with Crippen LogP contribution in [-0.4, -0.2) is 67.7 Å². The van der Waals surface area contributed by atoms with Crippen molar-refractivity contribution in [3.63, 3.8) is 0 Å². The fourth-order valence-corrected chi connectivity index (χ4v) is 2.10. The Hall–Kier alpha value is -0.530. The number of halogens is 4. The summed E-state index contributed by atoms with van der Waals surface area (Å²) in [6, 6.07) is 0. The molecule has 2 saturated heterocycles. The van der Waals surface area contributed by atoms with Crippen LogP contribution in [0.3, 0.4) is 0 Å². The highest BCUT2D eigenvalue weighted by atomic mass is 35.5. The molecule has 0 aliphatic carbocycles. The number of hydrogen-bond acceptors (Lipinski definition) is 3. The molecule has 1 amide bonds. The van der Waals surface area contributed by atoms with Crippen LogP contribution >= 0.6 is 12.4 Å². The number of carbonyl (C=O) groups excluding carboxylic acids is 1. The number of piperazine rings is 1. The number of nitrogens with zero attached hydrogens (tertiary/aromatic N) is 2. The normalized spacial score (nSPS) is 22.3. The van der Waals surface area contributed by atoms with E-state index in [0.717, 1.165) is 0 Å². The van der Waals surface area contributed by atoms with E-state index in [1.54, 1.807) is 4.90 Å². The molecule has 0 unspecified atom stereocenters. The van der Waals surface area contributed by atoms with E-state index >= 15 is 0 Å². The van der Waals surface area contributed by atoms with Gasteiger partial charge < -0.3 is 10.2 Å². The first-order valence-electron chi connectivity index (χ1n) is 5.74. The average molecular weight is 288 g/mol. The van der Waals surface area contributed by atoms with E-state index in [1.807, 2.05) is 0 Å². The van der Waals surface area contributed by atoms with Gasteiger partial charge in [0, 0.05) is 39.3 Å².